The van der Waals surface area contributed by atoms with Crippen LogP contribution in [0.1, 0.15) is 147 Å². The zero-order chi connectivity index (χ0) is 87.9. The first-order valence-electron chi connectivity index (χ1n) is 41.9. The number of pyridine rings is 5. The molecule has 10 nitrogen and oxygen atoms in total. The molecule has 4 N–H and O–H groups in total. The SMILES string of the molecule is Cc1[c-]c(-c2nccc3cc(CC(C)(C)C)ccc23)cc(C)c1.Cc1[c-]c(-c2nccc3cc(CC4(C)CCCC4)ccc23)cc(C)c1.[CH2-]CC(C)O.[CH2-]CC(C)O.[CH2-]CC(C)O.[CH2-]CC(C)O.[CH2-]OC([CH2-])C.[Ir+3].[Ir].[Ir].[Ir].[Ir].[c-]1ccccc1-c1cc2ccccc2cn1.[c-]1ccccc1-c1cc2ccccc2cn1.[c-]1ccccc1-c1ccc2ccccc2n1. The van der Waals surface area contributed by atoms with Gasteiger partial charge in [0.15, 0.2) is 0 Å². The summed E-state index contributed by atoms with van der Waals surface area (Å²) in [5, 5.41) is 44.1. The predicted octanol–water partition coefficient (Wildman–Crippen LogP) is 26.8. The summed E-state index contributed by atoms with van der Waals surface area (Å²) in [5.41, 5.74) is 19.7. The largest absolute Gasteiger partial charge is 3.00 e. The minimum Gasteiger partial charge on any atom is -0.578 e. The predicted molar refractivity (Wildman–Crippen MR) is 510 cm³/mol. The van der Waals surface area contributed by atoms with Gasteiger partial charge in [-0.05, 0) is 170 Å². The van der Waals surface area contributed by atoms with Gasteiger partial charge in [0.2, 0.25) is 0 Å². The van der Waals surface area contributed by atoms with Crippen LogP contribution in [0, 0.1) is 111 Å². The first-order chi connectivity index (χ1) is 58.0. The first kappa shape index (κ1) is 114. The summed E-state index contributed by atoms with van der Waals surface area (Å²) in [5.74, 6) is 0. The van der Waals surface area contributed by atoms with Crippen molar-refractivity contribution < 1.29 is 126 Å². The fourth-order valence-corrected chi connectivity index (χ4v) is 13.0. The molecule has 1 aliphatic rings. The summed E-state index contributed by atoms with van der Waals surface area (Å²) >= 11 is 0. The van der Waals surface area contributed by atoms with Crippen LogP contribution in [0.5, 0.6) is 0 Å². The summed E-state index contributed by atoms with van der Waals surface area (Å²) < 4.78 is 4.39. The maximum Gasteiger partial charge on any atom is 3.00 e. The number of para-hydroxylation sites is 1. The Bertz CT molecular complexity index is 5190. The monoisotopic (exact) mass is 2570 g/mol. The van der Waals surface area contributed by atoms with Crippen molar-refractivity contribution in [2.75, 3.05) is 0 Å². The van der Waals surface area contributed by atoms with Crippen LogP contribution < -0.4 is 0 Å². The molecule has 0 aliphatic heterocycles. The molecule has 0 saturated heterocycles. The second-order valence-corrected chi connectivity index (χ2v) is 32.5. The maximum absolute atomic E-state index is 8.30. The van der Waals surface area contributed by atoms with Gasteiger partial charge in [-0.3, -0.25) is 4.98 Å². The van der Waals surface area contributed by atoms with E-state index in [-0.39, 0.29) is 131 Å². The van der Waals surface area contributed by atoms with E-state index in [1.54, 1.807) is 27.7 Å². The van der Waals surface area contributed by atoms with E-state index in [1.807, 2.05) is 153 Å². The van der Waals surface area contributed by atoms with Gasteiger partial charge in [0.05, 0.1) is 5.52 Å². The fraction of sp³-hybridized carbons (Fsp3) is 0.270. The van der Waals surface area contributed by atoms with Crippen molar-refractivity contribution in [3.05, 3.63) is 373 Å². The molecule has 10 aromatic carbocycles. The Labute approximate surface area is 821 Å². The topological polar surface area (TPSA) is 155 Å². The number of rotatable bonds is 13. The Morgan fingerprint density at radius 1 is 0.413 bits per heavy atom. The van der Waals surface area contributed by atoms with E-state index in [0.29, 0.717) is 36.5 Å². The van der Waals surface area contributed by atoms with Gasteiger partial charge in [0, 0.05) is 130 Å². The molecule has 5 atom stereocenters. The van der Waals surface area contributed by atoms with Gasteiger partial charge in [-0.2, -0.15) is 25.7 Å². The zero-order valence-electron chi connectivity index (χ0n) is 75.2. The second-order valence-electron chi connectivity index (χ2n) is 32.5. The van der Waals surface area contributed by atoms with Crippen LogP contribution >= 0.6 is 0 Å². The Hall–Kier alpha value is -7.70. The van der Waals surface area contributed by atoms with Crippen LogP contribution in [-0.4, -0.2) is 75.9 Å². The van der Waals surface area contributed by atoms with E-state index >= 15 is 0 Å². The molecule has 5 heterocycles. The molecule has 1 aliphatic carbocycles. The number of nitrogens with zero attached hydrogens (tertiary/aromatic N) is 5. The summed E-state index contributed by atoms with van der Waals surface area (Å²) in [6.07, 6.45) is 17.0. The van der Waals surface area contributed by atoms with Crippen molar-refractivity contribution in [1.29, 1.82) is 0 Å². The number of ether oxygens (including phenoxy) is 1. The maximum atomic E-state index is 8.30. The van der Waals surface area contributed by atoms with Crippen molar-refractivity contribution in [1.82, 2.24) is 24.9 Å². The van der Waals surface area contributed by atoms with Crippen molar-refractivity contribution in [2.24, 2.45) is 10.8 Å². The van der Waals surface area contributed by atoms with E-state index in [2.05, 4.69) is 278 Å². The number of benzene rings is 10. The number of fused-ring (bicyclic) bond motifs is 5. The molecular formula is C111H124Ir5N5O5-8. The van der Waals surface area contributed by atoms with Crippen molar-refractivity contribution in [3.8, 4) is 56.3 Å². The Morgan fingerprint density at radius 3 is 1.13 bits per heavy atom. The standard InChI is InChI=1S/C24H26N.C22H24N.3C15H10N.C4H8O.4C4H9O.5Ir/c1-17-12-18(2)14-21(13-17)23-22-7-6-19(15-20(22)8-11-25-23)16-24(3)9-4-5-10-24;1-15-10-16(2)12-19(11-15)21-20-7-6-17(14-22(3,4)5)13-18(20)8-9-23-21;2*1-2-6-12(7-3-1)15-10-13-8-4-5-9-14(13)11-16-15;1-2-6-12(7-3-1)15-11-10-13-8-4-5-9-14(13)16-15;1-4(2)5-3;4*1-3-4(2)5;;;;;/h6-8,11-13,15H,4-5,9-10,16H2,1-3H3;6-11,13H,14H2,1-5H3;3*1-6,8-11H;4H,1,3H2,2H3;4*4-5H,1,3H2,2H3;;;;;/q5*-1;-2;4*-1;;;;;+3. The minimum atomic E-state index is -0.227. The Kier molecular flexibility index (Phi) is 54.7. The van der Waals surface area contributed by atoms with E-state index < -0.39 is 0 Å². The number of aromatic nitrogens is 5. The molecule has 16 rings (SSSR count). The Morgan fingerprint density at radius 2 is 0.770 bits per heavy atom. The zero-order valence-corrected chi connectivity index (χ0v) is 87.2. The third kappa shape index (κ3) is 40.5. The normalized spacial score (nSPS) is 12.4. The summed E-state index contributed by atoms with van der Waals surface area (Å²) in [7, 11) is 3.12. The summed E-state index contributed by atoms with van der Waals surface area (Å²) in [6, 6.07) is 99.7. The molecule has 15 heteroatoms. The van der Waals surface area contributed by atoms with Crippen molar-refractivity contribution >= 4 is 54.0 Å². The molecule has 0 amide bonds. The average molecular weight is 2570 g/mol. The molecular weight excluding hydrogens is 2440 g/mol. The molecule has 1 saturated carbocycles. The summed E-state index contributed by atoms with van der Waals surface area (Å²) in [6.45, 7) is 43.6. The van der Waals surface area contributed by atoms with Gasteiger partial charge in [-0.25, -0.2) is 7.11 Å². The number of aliphatic hydroxyl groups excluding tert-OH is 4. The fourth-order valence-electron chi connectivity index (χ4n) is 13.0. The smallest absolute Gasteiger partial charge is 0.578 e. The third-order valence-corrected chi connectivity index (χ3v) is 19.4. The molecule has 4 radical (unpaired) electrons. The second kappa shape index (κ2) is 60.2. The van der Waals surface area contributed by atoms with Gasteiger partial charge < -0.3 is 79.7 Å². The van der Waals surface area contributed by atoms with Gasteiger partial charge in [-0.15, -0.1) is 184 Å². The van der Waals surface area contributed by atoms with Crippen LogP contribution in [0.2, 0.25) is 0 Å². The number of hydrogen-bond acceptors (Lipinski definition) is 10. The third-order valence-electron chi connectivity index (χ3n) is 19.4. The van der Waals surface area contributed by atoms with E-state index in [0.717, 1.165) is 73.8 Å². The van der Waals surface area contributed by atoms with Gasteiger partial charge in [-0.1, -0.05) is 203 Å². The Balaban J connectivity index is 0.000000498. The number of aryl methyl sites for hydroxylation is 4. The van der Waals surface area contributed by atoms with Crippen molar-refractivity contribution in [3.63, 3.8) is 0 Å². The average Bonchev–Trinajstić information content (AvgIpc) is 0.866. The van der Waals surface area contributed by atoms with Crippen LogP contribution in [0.15, 0.2) is 267 Å². The molecule has 126 heavy (non-hydrogen) atoms. The van der Waals surface area contributed by atoms with Gasteiger partial charge in [0.25, 0.3) is 0 Å². The first-order valence-corrected chi connectivity index (χ1v) is 41.9. The van der Waals surface area contributed by atoms with Crippen molar-refractivity contribution in [2.45, 2.75) is 185 Å². The van der Waals surface area contributed by atoms with Crippen LogP contribution in [-0.2, 0) is 118 Å². The molecule has 676 valence electrons. The molecule has 5 aromatic heterocycles. The van der Waals surface area contributed by atoms with Gasteiger partial charge >= 0.3 is 20.1 Å². The molecule has 1 fully saturated rings. The van der Waals surface area contributed by atoms with E-state index in [4.69, 9.17) is 20.4 Å². The van der Waals surface area contributed by atoms with E-state index in [9.17, 15) is 0 Å². The van der Waals surface area contributed by atoms with Crippen LogP contribution in [0.3, 0.4) is 0 Å². The van der Waals surface area contributed by atoms with E-state index in [1.165, 1.54) is 108 Å². The quantitative estimate of drug-likeness (QED) is 0.0820. The van der Waals surface area contributed by atoms with Crippen LogP contribution in [0.25, 0.3) is 110 Å². The summed E-state index contributed by atoms with van der Waals surface area (Å²) in [4.78, 5) is 22.8. The molecule has 5 unspecified atom stereocenters. The van der Waals surface area contributed by atoms with Crippen LogP contribution in [0.4, 0.5) is 0 Å². The minimum absolute atomic E-state index is 0. The molecule has 15 aromatic rings. The number of hydrogen-bond donors (Lipinski definition) is 4. The molecule has 0 spiro atoms. The van der Waals surface area contributed by atoms with Gasteiger partial charge in [0.1, 0.15) is 0 Å². The molecule has 0 bridgehead atoms. The number of aliphatic hydroxyl groups is 4.